The molecule has 0 spiro atoms. The lowest BCUT2D eigenvalue weighted by atomic mass is 10.1. The lowest BCUT2D eigenvalue weighted by molar-refractivity contribution is -0.119. The van der Waals surface area contributed by atoms with Crippen LogP contribution in [0.15, 0.2) is 42.6 Å². The predicted octanol–water partition coefficient (Wildman–Crippen LogP) is 1.69. The summed E-state index contributed by atoms with van der Waals surface area (Å²) < 4.78 is 0. The van der Waals surface area contributed by atoms with E-state index in [1.165, 1.54) is 6.20 Å². The van der Waals surface area contributed by atoms with Crippen LogP contribution >= 0.6 is 0 Å². The first-order valence-corrected chi connectivity index (χ1v) is 6.34. The van der Waals surface area contributed by atoms with Crippen LogP contribution in [-0.4, -0.2) is 23.0 Å². The quantitative estimate of drug-likeness (QED) is 0.773. The minimum absolute atomic E-state index is 0.000924. The fraction of sp³-hybridized carbons (Fsp3) is 0.200. The molecule has 3 N–H and O–H groups in total. The fourth-order valence-electron chi connectivity index (χ4n) is 1.73. The van der Waals surface area contributed by atoms with Crippen LogP contribution in [0.2, 0.25) is 0 Å². The highest BCUT2D eigenvalue weighted by atomic mass is 16.3. The lowest BCUT2D eigenvalue weighted by Gasteiger charge is -2.07. The van der Waals surface area contributed by atoms with E-state index >= 15 is 0 Å². The monoisotopic (exact) mass is 271 g/mol. The molecule has 5 heteroatoms. The Kier molecular flexibility index (Phi) is 4.55. The average Bonchev–Trinajstić information content (AvgIpc) is 2.48. The molecule has 2 aromatic rings. The summed E-state index contributed by atoms with van der Waals surface area (Å²) in [5, 5.41) is 15.0. The van der Waals surface area contributed by atoms with E-state index in [4.69, 9.17) is 5.11 Å². The first-order valence-electron chi connectivity index (χ1n) is 6.34. The van der Waals surface area contributed by atoms with Gasteiger partial charge < -0.3 is 15.7 Å². The lowest BCUT2D eigenvalue weighted by Crippen LogP contribution is -2.19. The van der Waals surface area contributed by atoms with Crippen LogP contribution in [0.25, 0.3) is 0 Å². The van der Waals surface area contributed by atoms with Gasteiger partial charge in [-0.15, -0.1) is 0 Å². The molecule has 1 aromatic carbocycles. The number of hydrogen-bond donors (Lipinski definition) is 3. The Labute approximate surface area is 117 Å². The van der Waals surface area contributed by atoms with Crippen LogP contribution in [0.5, 0.6) is 5.75 Å². The third-order valence-electron chi connectivity index (χ3n) is 2.88. The molecule has 0 radical (unpaired) electrons. The smallest absolute Gasteiger partial charge is 0.224 e. The summed E-state index contributed by atoms with van der Waals surface area (Å²) in [6.07, 6.45) is 1.81. The van der Waals surface area contributed by atoms with Crippen molar-refractivity contribution in [1.82, 2.24) is 10.3 Å². The van der Waals surface area contributed by atoms with Gasteiger partial charge in [-0.2, -0.15) is 0 Å². The number of anilines is 1. The second kappa shape index (κ2) is 6.56. The first-order chi connectivity index (χ1) is 9.67. The Morgan fingerprint density at radius 3 is 2.55 bits per heavy atom. The second-order valence-corrected chi connectivity index (χ2v) is 4.41. The summed E-state index contributed by atoms with van der Waals surface area (Å²) in [4.78, 5) is 15.3. The van der Waals surface area contributed by atoms with Gasteiger partial charge in [0.2, 0.25) is 5.91 Å². The molecule has 104 valence electrons. The zero-order valence-corrected chi connectivity index (χ0v) is 11.3. The van der Waals surface area contributed by atoms with Gasteiger partial charge in [-0.3, -0.25) is 9.78 Å². The van der Waals surface area contributed by atoms with Gasteiger partial charge in [-0.05, 0) is 29.8 Å². The fourth-order valence-corrected chi connectivity index (χ4v) is 1.73. The van der Waals surface area contributed by atoms with Crippen molar-refractivity contribution in [2.45, 2.75) is 13.0 Å². The molecular formula is C15H17N3O2. The number of aromatic hydroxyl groups is 1. The maximum atomic E-state index is 11.2. The summed E-state index contributed by atoms with van der Waals surface area (Å²) in [5.74, 6) is 0.159. The summed E-state index contributed by atoms with van der Waals surface area (Å²) >= 11 is 0. The molecule has 0 aliphatic rings. The number of aromatic nitrogens is 1. The number of carbonyl (C=O) groups is 1. The highest BCUT2D eigenvalue weighted by Crippen LogP contribution is 2.12. The Morgan fingerprint density at radius 1 is 1.20 bits per heavy atom. The third kappa shape index (κ3) is 3.98. The number of pyridine rings is 1. The van der Waals surface area contributed by atoms with Gasteiger partial charge in [0.25, 0.3) is 0 Å². The molecule has 0 bridgehead atoms. The third-order valence-corrected chi connectivity index (χ3v) is 2.88. The van der Waals surface area contributed by atoms with Crippen molar-refractivity contribution in [3.05, 3.63) is 53.9 Å². The minimum atomic E-state index is -0.000924. The molecule has 0 saturated heterocycles. The Bertz CT molecular complexity index is 565. The highest BCUT2D eigenvalue weighted by molar-refractivity contribution is 5.78. The van der Waals surface area contributed by atoms with E-state index < -0.39 is 0 Å². The molecule has 0 saturated carbocycles. The van der Waals surface area contributed by atoms with Gasteiger partial charge >= 0.3 is 0 Å². The van der Waals surface area contributed by atoms with Gasteiger partial charge in [-0.25, -0.2) is 0 Å². The van der Waals surface area contributed by atoms with E-state index in [1.807, 2.05) is 24.3 Å². The first kappa shape index (κ1) is 13.9. The van der Waals surface area contributed by atoms with E-state index in [1.54, 1.807) is 19.2 Å². The average molecular weight is 271 g/mol. The Morgan fingerprint density at radius 2 is 1.95 bits per heavy atom. The van der Waals surface area contributed by atoms with Crippen LogP contribution in [0.4, 0.5) is 5.69 Å². The van der Waals surface area contributed by atoms with Gasteiger partial charge in [-0.1, -0.05) is 12.1 Å². The van der Waals surface area contributed by atoms with Crippen molar-refractivity contribution in [3.8, 4) is 5.75 Å². The molecular weight excluding hydrogens is 254 g/mol. The maximum absolute atomic E-state index is 11.2. The number of amides is 1. The summed E-state index contributed by atoms with van der Waals surface area (Å²) in [7, 11) is 1.63. The zero-order chi connectivity index (χ0) is 14.4. The van der Waals surface area contributed by atoms with E-state index in [2.05, 4.69) is 15.6 Å². The number of likely N-dealkylation sites (N-methyl/N-ethyl adjacent to an activating group) is 1. The molecule has 0 fully saturated rings. The molecule has 5 nitrogen and oxygen atoms in total. The molecule has 1 aromatic heterocycles. The SMILES string of the molecule is CNC(=O)Cc1ccc(NCc2ccc(O)cn2)cc1. The standard InChI is InChI=1S/C15H17N3O2/c1-16-15(20)8-11-2-4-12(5-3-11)17-9-13-6-7-14(19)10-18-13/h2-7,10,17,19H,8-9H2,1H3,(H,16,20). The van der Waals surface area contributed by atoms with Gasteiger partial charge in [0.05, 0.1) is 24.9 Å². The maximum Gasteiger partial charge on any atom is 0.224 e. The van der Waals surface area contributed by atoms with E-state index in [9.17, 15) is 4.79 Å². The van der Waals surface area contributed by atoms with Gasteiger partial charge in [0.1, 0.15) is 5.75 Å². The van der Waals surface area contributed by atoms with Gasteiger partial charge in [0, 0.05) is 12.7 Å². The Hall–Kier alpha value is -2.56. The van der Waals surface area contributed by atoms with Crippen molar-refractivity contribution < 1.29 is 9.90 Å². The van der Waals surface area contributed by atoms with Crippen molar-refractivity contribution in [2.24, 2.45) is 0 Å². The molecule has 1 heterocycles. The summed E-state index contributed by atoms with van der Waals surface area (Å²) in [6, 6.07) is 11.1. The number of nitrogens with one attached hydrogen (secondary N) is 2. The molecule has 0 aliphatic heterocycles. The van der Waals surface area contributed by atoms with E-state index in [0.29, 0.717) is 13.0 Å². The summed E-state index contributed by atoms with van der Waals surface area (Å²) in [6.45, 7) is 0.578. The predicted molar refractivity (Wildman–Crippen MR) is 77.4 cm³/mol. The highest BCUT2D eigenvalue weighted by Gasteiger charge is 2.01. The molecule has 2 rings (SSSR count). The van der Waals surface area contributed by atoms with Crippen LogP contribution in [0.3, 0.4) is 0 Å². The van der Waals surface area contributed by atoms with Gasteiger partial charge in [0.15, 0.2) is 0 Å². The van der Waals surface area contributed by atoms with E-state index in [0.717, 1.165) is 16.9 Å². The molecule has 1 amide bonds. The number of carbonyl (C=O) groups excluding carboxylic acids is 1. The normalized spacial score (nSPS) is 10.1. The largest absolute Gasteiger partial charge is 0.506 e. The van der Waals surface area contributed by atoms with Crippen LogP contribution < -0.4 is 10.6 Å². The topological polar surface area (TPSA) is 74.2 Å². The van der Waals surface area contributed by atoms with Crippen molar-refractivity contribution >= 4 is 11.6 Å². The molecule has 0 unspecified atom stereocenters. The molecule has 20 heavy (non-hydrogen) atoms. The second-order valence-electron chi connectivity index (χ2n) is 4.41. The number of rotatable bonds is 5. The van der Waals surface area contributed by atoms with Crippen LogP contribution in [-0.2, 0) is 17.8 Å². The number of benzene rings is 1. The zero-order valence-electron chi connectivity index (χ0n) is 11.3. The number of hydrogen-bond acceptors (Lipinski definition) is 4. The summed E-state index contributed by atoms with van der Waals surface area (Å²) in [5.41, 5.74) is 2.77. The van der Waals surface area contributed by atoms with Crippen molar-refractivity contribution in [2.75, 3.05) is 12.4 Å². The van der Waals surface area contributed by atoms with Crippen molar-refractivity contribution in [3.63, 3.8) is 0 Å². The van der Waals surface area contributed by atoms with Crippen LogP contribution in [0.1, 0.15) is 11.3 Å². The van der Waals surface area contributed by atoms with Crippen molar-refractivity contribution in [1.29, 1.82) is 0 Å². The number of nitrogens with zero attached hydrogens (tertiary/aromatic N) is 1. The van der Waals surface area contributed by atoms with E-state index in [-0.39, 0.29) is 11.7 Å². The molecule has 0 atom stereocenters. The van der Waals surface area contributed by atoms with Crippen LogP contribution in [0, 0.1) is 0 Å². The molecule has 0 aliphatic carbocycles. The Balaban J connectivity index is 1.90. The minimum Gasteiger partial charge on any atom is -0.506 e.